The minimum absolute atomic E-state index is 0.0144. The van der Waals surface area contributed by atoms with Crippen LogP contribution < -0.4 is 5.56 Å². The Morgan fingerprint density at radius 3 is 2.35 bits per heavy atom. The lowest BCUT2D eigenvalue weighted by molar-refractivity contribution is 0.552. The van der Waals surface area contributed by atoms with E-state index in [1.807, 2.05) is 6.92 Å². The molecular formula is C12H19NO3S. The SMILES string of the molecule is Cc1ccn(CCS(=O)(=O)C(C)(C)C)c(=O)c1. The van der Waals surface area contributed by atoms with E-state index in [0.29, 0.717) is 0 Å². The molecule has 0 aromatic carbocycles. The van der Waals surface area contributed by atoms with Crippen molar-refractivity contribution in [3.63, 3.8) is 0 Å². The van der Waals surface area contributed by atoms with E-state index in [9.17, 15) is 13.2 Å². The maximum Gasteiger partial charge on any atom is 0.250 e. The minimum Gasteiger partial charge on any atom is -0.315 e. The van der Waals surface area contributed by atoms with Crippen molar-refractivity contribution in [1.29, 1.82) is 0 Å². The van der Waals surface area contributed by atoms with Gasteiger partial charge in [0, 0.05) is 18.8 Å². The van der Waals surface area contributed by atoms with Crippen LogP contribution in [0.25, 0.3) is 0 Å². The van der Waals surface area contributed by atoms with Gasteiger partial charge in [0.05, 0.1) is 10.5 Å². The van der Waals surface area contributed by atoms with Gasteiger partial charge in [-0.15, -0.1) is 0 Å². The normalized spacial score (nSPS) is 12.7. The molecule has 0 fully saturated rings. The van der Waals surface area contributed by atoms with Crippen LogP contribution in [0.2, 0.25) is 0 Å². The molecule has 1 aromatic heterocycles. The predicted octanol–water partition coefficient (Wildman–Crippen LogP) is 1.37. The van der Waals surface area contributed by atoms with Gasteiger partial charge >= 0.3 is 0 Å². The molecule has 0 saturated carbocycles. The highest BCUT2D eigenvalue weighted by molar-refractivity contribution is 7.92. The smallest absolute Gasteiger partial charge is 0.250 e. The number of aryl methyl sites for hydroxylation is 2. The summed E-state index contributed by atoms with van der Waals surface area (Å²) >= 11 is 0. The van der Waals surface area contributed by atoms with Crippen LogP contribution in [0.15, 0.2) is 23.1 Å². The topological polar surface area (TPSA) is 56.1 Å². The molecule has 0 aliphatic carbocycles. The van der Waals surface area contributed by atoms with Crippen LogP contribution in [0.4, 0.5) is 0 Å². The van der Waals surface area contributed by atoms with E-state index in [-0.39, 0.29) is 17.9 Å². The minimum atomic E-state index is -3.18. The molecule has 0 amide bonds. The molecule has 1 heterocycles. The molecule has 17 heavy (non-hydrogen) atoms. The highest BCUT2D eigenvalue weighted by Crippen LogP contribution is 2.15. The summed E-state index contributed by atoms with van der Waals surface area (Å²) in [4.78, 5) is 11.6. The molecule has 96 valence electrons. The number of rotatable bonds is 3. The van der Waals surface area contributed by atoms with E-state index < -0.39 is 14.6 Å². The van der Waals surface area contributed by atoms with E-state index in [2.05, 4.69) is 0 Å². The number of sulfone groups is 1. The molecule has 0 aliphatic rings. The second-order valence-electron chi connectivity index (χ2n) is 5.17. The fraction of sp³-hybridized carbons (Fsp3) is 0.583. The van der Waals surface area contributed by atoms with E-state index in [4.69, 9.17) is 0 Å². The van der Waals surface area contributed by atoms with Crippen LogP contribution in [0, 0.1) is 6.92 Å². The quantitative estimate of drug-likeness (QED) is 0.821. The Hall–Kier alpha value is -1.10. The van der Waals surface area contributed by atoms with E-state index in [0.717, 1.165) is 5.56 Å². The van der Waals surface area contributed by atoms with Gasteiger partial charge in [-0.25, -0.2) is 8.42 Å². The Bertz CT molecular complexity index is 550. The Kier molecular flexibility index (Phi) is 3.81. The van der Waals surface area contributed by atoms with Crippen LogP contribution >= 0.6 is 0 Å². The van der Waals surface area contributed by atoms with E-state index >= 15 is 0 Å². The second-order valence-corrected chi connectivity index (χ2v) is 8.03. The third kappa shape index (κ3) is 3.43. The average molecular weight is 257 g/mol. The number of aromatic nitrogens is 1. The Labute approximate surface area is 102 Å². The lowest BCUT2D eigenvalue weighted by atomic mass is 10.3. The van der Waals surface area contributed by atoms with Crippen molar-refractivity contribution in [2.45, 2.75) is 39.0 Å². The van der Waals surface area contributed by atoms with Crippen molar-refractivity contribution < 1.29 is 8.42 Å². The summed E-state index contributed by atoms with van der Waals surface area (Å²) < 4.78 is 24.4. The fourth-order valence-corrected chi connectivity index (χ4v) is 2.37. The molecule has 0 atom stereocenters. The van der Waals surface area contributed by atoms with Crippen molar-refractivity contribution in [3.8, 4) is 0 Å². The molecule has 1 rings (SSSR count). The predicted molar refractivity (Wildman–Crippen MR) is 69.0 cm³/mol. The maximum atomic E-state index is 11.9. The van der Waals surface area contributed by atoms with Crippen LogP contribution in [0.5, 0.6) is 0 Å². The molecule has 0 aliphatic heterocycles. The highest BCUT2D eigenvalue weighted by atomic mass is 32.2. The van der Waals surface area contributed by atoms with Gasteiger partial charge in [-0.05, 0) is 39.3 Å². The Morgan fingerprint density at radius 1 is 1.29 bits per heavy atom. The monoisotopic (exact) mass is 257 g/mol. The summed E-state index contributed by atoms with van der Waals surface area (Å²) in [5, 5.41) is 0. The first-order valence-electron chi connectivity index (χ1n) is 5.53. The molecule has 5 heteroatoms. The molecule has 0 N–H and O–H groups in total. The van der Waals surface area contributed by atoms with Crippen LogP contribution in [-0.4, -0.2) is 23.5 Å². The largest absolute Gasteiger partial charge is 0.315 e. The van der Waals surface area contributed by atoms with Gasteiger partial charge in [-0.3, -0.25) is 4.79 Å². The molecule has 0 spiro atoms. The van der Waals surface area contributed by atoms with Gasteiger partial charge in [-0.2, -0.15) is 0 Å². The molecule has 4 nitrogen and oxygen atoms in total. The lowest BCUT2D eigenvalue weighted by Gasteiger charge is -2.19. The zero-order valence-electron chi connectivity index (χ0n) is 10.7. The van der Waals surface area contributed by atoms with Crippen LogP contribution in [-0.2, 0) is 16.4 Å². The van der Waals surface area contributed by atoms with Gasteiger partial charge < -0.3 is 4.57 Å². The number of hydrogen-bond acceptors (Lipinski definition) is 3. The first-order valence-corrected chi connectivity index (χ1v) is 7.18. The molecule has 0 saturated heterocycles. The summed E-state index contributed by atoms with van der Waals surface area (Å²) in [6.45, 7) is 7.04. The third-order valence-electron chi connectivity index (χ3n) is 2.69. The van der Waals surface area contributed by atoms with Crippen LogP contribution in [0.3, 0.4) is 0 Å². The van der Waals surface area contributed by atoms with E-state index in [1.165, 1.54) is 10.6 Å². The summed E-state index contributed by atoms with van der Waals surface area (Å²) in [7, 11) is -3.18. The van der Waals surface area contributed by atoms with Crippen molar-refractivity contribution >= 4 is 9.84 Å². The van der Waals surface area contributed by atoms with Crippen LogP contribution in [0.1, 0.15) is 26.3 Å². The van der Waals surface area contributed by atoms with Crippen molar-refractivity contribution in [2.24, 2.45) is 0 Å². The Morgan fingerprint density at radius 2 is 1.88 bits per heavy atom. The van der Waals surface area contributed by atoms with Gasteiger partial charge in [0.25, 0.3) is 5.56 Å². The zero-order valence-corrected chi connectivity index (χ0v) is 11.5. The first kappa shape index (κ1) is 14.0. The van der Waals surface area contributed by atoms with Crippen molar-refractivity contribution in [2.75, 3.05) is 5.75 Å². The number of nitrogens with zero attached hydrogens (tertiary/aromatic N) is 1. The van der Waals surface area contributed by atoms with Gasteiger partial charge in [0.1, 0.15) is 0 Å². The summed E-state index contributed by atoms with van der Waals surface area (Å²) in [6, 6.07) is 3.30. The van der Waals surface area contributed by atoms with Gasteiger partial charge in [-0.1, -0.05) is 0 Å². The molecule has 0 radical (unpaired) electrons. The summed E-state index contributed by atoms with van der Waals surface area (Å²) in [6.07, 6.45) is 1.63. The average Bonchev–Trinajstić information content (AvgIpc) is 2.14. The molecular weight excluding hydrogens is 238 g/mol. The maximum absolute atomic E-state index is 11.9. The number of pyridine rings is 1. The Balaban J connectivity index is 2.86. The highest BCUT2D eigenvalue weighted by Gasteiger charge is 2.28. The molecule has 1 aromatic rings. The van der Waals surface area contributed by atoms with Gasteiger partial charge in [0.15, 0.2) is 9.84 Å². The number of hydrogen-bond donors (Lipinski definition) is 0. The lowest BCUT2D eigenvalue weighted by Crippen LogP contribution is -2.33. The fourth-order valence-electron chi connectivity index (χ4n) is 1.32. The standard InChI is InChI=1S/C12H19NO3S/c1-10-5-6-13(11(14)9-10)7-8-17(15,16)12(2,3)4/h5-6,9H,7-8H2,1-4H3. The summed E-state index contributed by atoms with van der Waals surface area (Å²) in [5.41, 5.74) is 0.721. The second kappa shape index (κ2) is 4.64. The van der Waals surface area contributed by atoms with Crippen molar-refractivity contribution in [1.82, 2.24) is 4.57 Å². The zero-order chi connectivity index (χ0) is 13.3. The molecule has 0 bridgehead atoms. The first-order chi connectivity index (χ1) is 7.63. The summed E-state index contributed by atoms with van der Waals surface area (Å²) in [5.74, 6) is -0.0144. The van der Waals surface area contributed by atoms with Crippen molar-refractivity contribution in [3.05, 3.63) is 34.2 Å². The van der Waals surface area contributed by atoms with Gasteiger partial charge in [0.2, 0.25) is 0 Å². The van der Waals surface area contributed by atoms with E-state index in [1.54, 1.807) is 33.0 Å². The third-order valence-corrected chi connectivity index (χ3v) is 5.27. The molecule has 0 unspecified atom stereocenters.